The lowest BCUT2D eigenvalue weighted by molar-refractivity contribution is 0.0521. The molecule has 0 spiro atoms. The van der Waals surface area contributed by atoms with Crippen molar-refractivity contribution >= 4 is 5.71 Å². The Labute approximate surface area is 55.9 Å². The largest absolute Gasteiger partial charge is 0.392 e. The molecule has 2 heteroatoms. The number of nitrogens with zero attached hydrogens (tertiary/aromatic N) is 1. The lowest BCUT2D eigenvalue weighted by Crippen LogP contribution is -2.14. The molecule has 2 nitrogen and oxygen atoms in total. The summed E-state index contributed by atoms with van der Waals surface area (Å²) in [6, 6.07) is 0. The Kier molecular flexibility index (Phi) is 1.74. The molecule has 0 N–H and O–H groups in total. The monoisotopic (exact) mass is 127 g/mol. The van der Waals surface area contributed by atoms with E-state index in [4.69, 9.17) is 4.84 Å². The fourth-order valence-corrected chi connectivity index (χ4v) is 0.881. The molecular weight excluding hydrogens is 114 g/mol. The van der Waals surface area contributed by atoms with Gasteiger partial charge in [-0.3, -0.25) is 0 Å². The molecule has 52 valence electrons. The van der Waals surface area contributed by atoms with E-state index >= 15 is 0 Å². The third-order valence-corrected chi connectivity index (χ3v) is 1.58. The molecule has 1 heterocycles. The van der Waals surface area contributed by atoms with E-state index in [1.165, 1.54) is 0 Å². The molecule has 0 amide bonds. The van der Waals surface area contributed by atoms with Crippen molar-refractivity contribution in [1.82, 2.24) is 0 Å². The van der Waals surface area contributed by atoms with Gasteiger partial charge in [-0.1, -0.05) is 19.0 Å². The van der Waals surface area contributed by atoms with Crippen molar-refractivity contribution in [3.8, 4) is 0 Å². The molecule has 0 bridgehead atoms. The zero-order valence-electron chi connectivity index (χ0n) is 6.22. The minimum absolute atomic E-state index is 0.338. The van der Waals surface area contributed by atoms with Crippen LogP contribution in [0.3, 0.4) is 0 Å². The first-order chi connectivity index (χ1) is 4.20. The molecule has 0 unspecified atom stereocenters. The van der Waals surface area contributed by atoms with Crippen molar-refractivity contribution in [3.63, 3.8) is 0 Å². The standard InChI is InChI=1S/C7H13NO/c1-5(2)7-4-6(3)8-9-7/h5,7H,4H2,1-3H3/t7-/m0/s1. The highest BCUT2D eigenvalue weighted by Gasteiger charge is 2.20. The maximum absolute atomic E-state index is 5.11. The summed E-state index contributed by atoms with van der Waals surface area (Å²) in [5.74, 6) is 0.589. The lowest BCUT2D eigenvalue weighted by atomic mass is 10.0. The fraction of sp³-hybridized carbons (Fsp3) is 0.857. The highest BCUT2D eigenvalue weighted by atomic mass is 16.6. The molecule has 0 saturated carbocycles. The average molecular weight is 127 g/mol. The van der Waals surface area contributed by atoms with Crippen LogP contribution in [0.15, 0.2) is 5.16 Å². The third kappa shape index (κ3) is 1.44. The minimum atomic E-state index is 0.338. The summed E-state index contributed by atoms with van der Waals surface area (Å²) in [5, 5.41) is 3.86. The number of oxime groups is 1. The highest BCUT2D eigenvalue weighted by molar-refractivity contribution is 5.82. The Bertz CT molecular complexity index is 129. The molecule has 0 aromatic carbocycles. The van der Waals surface area contributed by atoms with Crippen LogP contribution in [0, 0.1) is 5.92 Å². The SMILES string of the molecule is CC1=NO[C@H](C(C)C)C1. The van der Waals surface area contributed by atoms with Gasteiger partial charge >= 0.3 is 0 Å². The van der Waals surface area contributed by atoms with Gasteiger partial charge in [-0.25, -0.2) is 0 Å². The van der Waals surface area contributed by atoms with Crippen LogP contribution < -0.4 is 0 Å². The van der Waals surface area contributed by atoms with Crippen molar-refractivity contribution in [3.05, 3.63) is 0 Å². The molecular formula is C7H13NO. The molecule has 1 aliphatic heterocycles. The second-order valence-corrected chi connectivity index (χ2v) is 2.92. The van der Waals surface area contributed by atoms with Gasteiger partial charge < -0.3 is 4.84 Å². The van der Waals surface area contributed by atoms with Crippen LogP contribution in [-0.4, -0.2) is 11.8 Å². The van der Waals surface area contributed by atoms with E-state index in [2.05, 4.69) is 19.0 Å². The quantitative estimate of drug-likeness (QED) is 0.526. The van der Waals surface area contributed by atoms with Crippen LogP contribution in [0.4, 0.5) is 0 Å². The summed E-state index contributed by atoms with van der Waals surface area (Å²) >= 11 is 0. The van der Waals surface area contributed by atoms with Gasteiger partial charge in [0.2, 0.25) is 0 Å². The lowest BCUT2D eigenvalue weighted by Gasteiger charge is -2.10. The molecule has 0 saturated heterocycles. The van der Waals surface area contributed by atoms with Crippen LogP contribution in [0.5, 0.6) is 0 Å². The Morgan fingerprint density at radius 3 is 2.56 bits per heavy atom. The summed E-state index contributed by atoms with van der Waals surface area (Å²) < 4.78 is 0. The van der Waals surface area contributed by atoms with E-state index in [1.807, 2.05) is 6.92 Å². The minimum Gasteiger partial charge on any atom is -0.392 e. The first-order valence-electron chi connectivity index (χ1n) is 3.39. The van der Waals surface area contributed by atoms with Gasteiger partial charge in [-0.15, -0.1) is 0 Å². The van der Waals surface area contributed by atoms with Gasteiger partial charge in [-0.2, -0.15) is 0 Å². The average Bonchev–Trinajstić information content (AvgIpc) is 2.14. The van der Waals surface area contributed by atoms with Gasteiger partial charge in [-0.05, 0) is 12.8 Å². The van der Waals surface area contributed by atoms with E-state index in [0.717, 1.165) is 12.1 Å². The molecule has 9 heavy (non-hydrogen) atoms. The number of hydrogen-bond acceptors (Lipinski definition) is 2. The molecule has 0 aliphatic carbocycles. The van der Waals surface area contributed by atoms with Crippen molar-refractivity contribution in [2.45, 2.75) is 33.3 Å². The van der Waals surface area contributed by atoms with Crippen LogP contribution >= 0.6 is 0 Å². The summed E-state index contributed by atoms with van der Waals surface area (Å²) in [5.41, 5.74) is 1.12. The first kappa shape index (κ1) is 6.59. The predicted octanol–water partition coefficient (Wildman–Crippen LogP) is 1.81. The zero-order chi connectivity index (χ0) is 6.85. The van der Waals surface area contributed by atoms with Crippen LogP contribution in [0.2, 0.25) is 0 Å². The van der Waals surface area contributed by atoms with Crippen LogP contribution in [-0.2, 0) is 4.84 Å². The maximum Gasteiger partial charge on any atom is 0.135 e. The Morgan fingerprint density at radius 2 is 2.33 bits per heavy atom. The first-order valence-corrected chi connectivity index (χ1v) is 3.39. The van der Waals surface area contributed by atoms with E-state index < -0.39 is 0 Å². The van der Waals surface area contributed by atoms with Crippen LogP contribution in [0.1, 0.15) is 27.2 Å². The second-order valence-electron chi connectivity index (χ2n) is 2.92. The molecule has 1 atom stereocenters. The number of rotatable bonds is 1. The van der Waals surface area contributed by atoms with Gasteiger partial charge in [0.15, 0.2) is 0 Å². The zero-order valence-corrected chi connectivity index (χ0v) is 6.22. The Morgan fingerprint density at radius 1 is 1.67 bits per heavy atom. The third-order valence-electron chi connectivity index (χ3n) is 1.58. The van der Waals surface area contributed by atoms with Crippen molar-refractivity contribution < 1.29 is 4.84 Å². The van der Waals surface area contributed by atoms with Gasteiger partial charge in [0, 0.05) is 6.42 Å². The van der Waals surface area contributed by atoms with Gasteiger partial charge in [0.1, 0.15) is 6.10 Å². The van der Waals surface area contributed by atoms with Gasteiger partial charge in [0.25, 0.3) is 0 Å². The van der Waals surface area contributed by atoms with Gasteiger partial charge in [0.05, 0.1) is 5.71 Å². The van der Waals surface area contributed by atoms with Crippen molar-refractivity contribution in [1.29, 1.82) is 0 Å². The molecule has 1 rings (SSSR count). The van der Waals surface area contributed by atoms with E-state index in [9.17, 15) is 0 Å². The summed E-state index contributed by atoms with van der Waals surface area (Å²) in [6.45, 7) is 6.31. The highest BCUT2D eigenvalue weighted by Crippen LogP contribution is 2.17. The topological polar surface area (TPSA) is 21.6 Å². The predicted molar refractivity (Wildman–Crippen MR) is 37.4 cm³/mol. The number of hydrogen-bond donors (Lipinski definition) is 0. The Balaban J connectivity index is 2.37. The molecule has 0 fully saturated rings. The normalized spacial score (nSPS) is 26.2. The second kappa shape index (κ2) is 2.38. The maximum atomic E-state index is 5.11. The Hall–Kier alpha value is -0.530. The molecule has 1 aliphatic rings. The van der Waals surface area contributed by atoms with E-state index in [-0.39, 0.29) is 0 Å². The molecule has 0 radical (unpaired) electrons. The summed E-state index contributed by atoms with van der Waals surface area (Å²) in [6.07, 6.45) is 1.35. The molecule has 0 aromatic heterocycles. The molecule has 0 aromatic rings. The summed E-state index contributed by atoms with van der Waals surface area (Å²) in [4.78, 5) is 5.11. The summed E-state index contributed by atoms with van der Waals surface area (Å²) in [7, 11) is 0. The van der Waals surface area contributed by atoms with Crippen LogP contribution in [0.25, 0.3) is 0 Å². The van der Waals surface area contributed by atoms with E-state index in [1.54, 1.807) is 0 Å². The fourth-order valence-electron chi connectivity index (χ4n) is 0.881. The van der Waals surface area contributed by atoms with E-state index in [0.29, 0.717) is 12.0 Å². The van der Waals surface area contributed by atoms with Crippen molar-refractivity contribution in [2.75, 3.05) is 0 Å². The smallest absolute Gasteiger partial charge is 0.135 e. The van der Waals surface area contributed by atoms with Crippen molar-refractivity contribution in [2.24, 2.45) is 11.1 Å².